The van der Waals surface area contributed by atoms with Crippen LogP contribution in [-0.2, 0) is 0 Å². The first-order chi connectivity index (χ1) is 8.34. The third-order valence-corrected chi connectivity index (χ3v) is 3.29. The summed E-state index contributed by atoms with van der Waals surface area (Å²) in [6, 6.07) is 4.34. The lowest BCUT2D eigenvalue weighted by molar-refractivity contribution is 0.304. The zero-order valence-corrected chi connectivity index (χ0v) is 12.1. The molecule has 0 fully saturated rings. The van der Waals surface area contributed by atoms with Crippen molar-refractivity contribution in [1.29, 1.82) is 0 Å². The van der Waals surface area contributed by atoms with Gasteiger partial charge in [0, 0.05) is 19.6 Å². The Hall–Kier alpha value is -1.29. The minimum Gasteiger partial charge on any atom is -0.395 e. The molecule has 1 rings (SSSR count). The Morgan fingerprint density at radius 1 is 1.39 bits per heavy atom. The molecule has 0 saturated carbocycles. The van der Waals surface area contributed by atoms with Crippen molar-refractivity contribution in [3.63, 3.8) is 0 Å². The van der Waals surface area contributed by atoms with E-state index in [0.717, 1.165) is 11.5 Å². The quantitative estimate of drug-likeness (QED) is 0.843. The number of aliphatic hydroxyl groups is 1. The largest absolute Gasteiger partial charge is 0.395 e. The Kier molecular flexibility index (Phi) is 4.96. The van der Waals surface area contributed by atoms with E-state index < -0.39 is 0 Å². The van der Waals surface area contributed by atoms with Crippen LogP contribution in [0.15, 0.2) is 18.3 Å². The number of aromatic nitrogens is 1. The molecule has 4 heteroatoms. The Balaban J connectivity index is 2.66. The molecule has 1 aromatic heterocycles. The van der Waals surface area contributed by atoms with Crippen LogP contribution in [0.5, 0.6) is 0 Å². The lowest BCUT2D eigenvalue weighted by Gasteiger charge is -2.28. The number of rotatable bonds is 5. The number of hydrogen-bond acceptors (Lipinski definition) is 4. The van der Waals surface area contributed by atoms with Gasteiger partial charge in [-0.3, -0.25) is 0 Å². The van der Waals surface area contributed by atoms with Crippen molar-refractivity contribution < 1.29 is 5.11 Å². The summed E-state index contributed by atoms with van der Waals surface area (Å²) in [7, 11) is 1.94. The third kappa shape index (κ3) is 4.18. The van der Waals surface area contributed by atoms with Crippen LogP contribution in [-0.4, -0.2) is 36.3 Å². The molecule has 0 spiro atoms. The van der Waals surface area contributed by atoms with Gasteiger partial charge in [0.1, 0.15) is 5.82 Å². The van der Waals surface area contributed by atoms with Crippen LogP contribution in [0.4, 0.5) is 11.5 Å². The Bertz CT molecular complexity index is 356. The molecule has 102 valence electrons. The molecule has 0 aliphatic heterocycles. The van der Waals surface area contributed by atoms with Gasteiger partial charge in [-0.25, -0.2) is 4.98 Å². The second-order valence-corrected chi connectivity index (χ2v) is 5.78. The first kappa shape index (κ1) is 14.8. The number of anilines is 2. The zero-order valence-electron chi connectivity index (χ0n) is 12.1. The fraction of sp³-hybridized carbons (Fsp3) is 0.643. The second kappa shape index (κ2) is 6.05. The van der Waals surface area contributed by atoms with E-state index in [2.05, 4.69) is 38.0 Å². The molecule has 0 bridgehead atoms. The predicted molar refractivity (Wildman–Crippen MR) is 77.1 cm³/mol. The van der Waals surface area contributed by atoms with Gasteiger partial charge in [0.15, 0.2) is 0 Å². The summed E-state index contributed by atoms with van der Waals surface area (Å²) < 4.78 is 0. The van der Waals surface area contributed by atoms with Crippen LogP contribution in [0.3, 0.4) is 0 Å². The van der Waals surface area contributed by atoms with Crippen molar-refractivity contribution in [2.24, 2.45) is 5.41 Å². The van der Waals surface area contributed by atoms with E-state index >= 15 is 0 Å². The van der Waals surface area contributed by atoms with Gasteiger partial charge in [-0.2, -0.15) is 0 Å². The highest BCUT2D eigenvalue weighted by Gasteiger charge is 2.19. The molecule has 0 radical (unpaired) electrons. The number of hydrogen-bond donors (Lipinski definition) is 2. The SMILES string of the molecule is CC(Nc1ccc(N(C)CCO)cn1)C(C)(C)C. The molecule has 1 aromatic rings. The number of nitrogens with zero attached hydrogens (tertiary/aromatic N) is 2. The molecule has 18 heavy (non-hydrogen) atoms. The minimum absolute atomic E-state index is 0.150. The van der Waals surface area contributed by atoms with Gasteiger partial charge in [0.25, 0.3) is 0 Å². The maximum absolute atomic E-state index is 8.89. The van der Waals surface area contributed by atoms with Crippen molar-refractivity contribution in [3.8, 4) is 0 Å². The lowest BCUT2D eigenvalue weighted by Crippen LogP contribution is -2.31. The monoisotopic (exact) mass is 251 g/mol. The number of likely N-dealkylation sites (N-methyl/N-ethyl adjacent to an activating group) is 1. The van der Waals surface area contributed by atoms with Crippen molar-refractivity contribution >= 4 is 11.5 Å². The molecule has 1 heterocycles. The molecule has 1 atom stereocenters. The molecular weight excluding hydrogens is 226 g/mol. The van der Waals surface area contributed by atoms with Crippen molar-refractivity contribution in [2.45, 2.75) is 33.7 Å². The summed E-state index contributed by atoms with van der Waals surface area (Å²) >= 11 is 0. The van der Waals surface area contributed by atoms with Gasteiger partial charge < -0.3 is 15.3 Å². The molecule has 0 aliphatic rings. The first-order valence-corrected chi connectivity index (χ1v) is 6.39. The topological polar surface area (TPSA) is 48.4 Å². The Labute approximate surface area is 110 Å². The van der Waals surface area contributed by atoms with Crippen LogP contribution in [0.1, 0.15) is 27.7 Å². The molecular formula is C14H25N3O. The van der Waals surface area contributed by atoms with Gasteiger partial charge in [-0.05, 0) is 24.5 Å². The fourth-order valence-corrected chi connectivity index (χ4v) is 1.41. The highest BCUT2D eigenvalue weighted by atomic mass is 16.3. The number of aliphatic hydroxyl groups excluding tert-OH is 1. The summed E-state index contributed by atoms with van der Waals surface area (Å²) in [6.07, 6.45) is 1.83. The van der Waals surface area contributed by atoms with Crippen LogP contribution in [0.25, 0.3) is 0 Å². The van der Waals surface area contributed by atoms with E-state index in [0.29, 0.717) is 12.6 Å². The van der Waals surface area contributed by atoms with Crippen molar-refractivity contribution in [2.75, 3.05) is 30.4 Å². The summed E-state index contributed by atoms with van der Waals surface area (Å²) in [5.41, 5.74) is 1.21. The van der Waals surface area contributed by atoms with E-state index in [1.54, 1.807) is 0 Å². The first-order valence-electron chi connectivity index (χ1n) is 6.39. The van der Waals surface area contributed by atoms with Gasteiger partial charge in [0.05, 0.1) is 18.5 Å². The Morgan fingerprint density at radius 3 is 2.50 bits per heavy atom. The molecule has 0 saturated heterocycles. The normalized spacial score (nSPS) is 13.2. The van der Waals surface area contributed by atoms with Gasteiger partial charge in [-0.15, -0.1) is 0 Å². The van der Waals surface area contributed by atoms with Crippen LogP contribution in [0.2, 0.25) is 0 Å². The van der Waals surface area contributed by atoms with Gasteiger partial charge in [0.2, 0.25) is 0 Å². The minimum atomic E-state index is 0.150. The summed E-state index contributed by atoms with van der Waals surface area (Å²) in [5.74, 6) is 0.888. The molecule has 2 N–H and O–H groups in total. The fourth-order valence-electron chi connectivity index (χ4n) is 1.41. The van der Waals surface area contributed by atoms with E-state index in [-0.39, 0.29) is 12.0 Å². The van der Waals surface area contributed by atoms with Gasteiger partial charge >= 0.3 is 0 Å². The van der Waals surface area contributed by atoms with Crippen LogP contribution < -0.4 is 10.2 Å². The standard InChI is InChI=1S/C14H25N3O/c1-11(14(2,3)4)16-13-7-6-12(10-15-13)17(5)8-9-18/h6-7,10-11,18H,8-9H2,1-5H3,(H,15,16). The van der Waals surface area contributed by atoms with E-state index in [9.17, 15) is 0 Å². The summed E-state index contributed by atoms with van der Waals surface area (Å²) in [5, 5.41) is 12.3. The molecule has 0 amide bonds. The van der Waals surface area contributed by atoms with Crippen molar-refractivity contribution in [1.82, 2.24) is 4.98 Å². The molecule has 0 aliphatic carbocycles. The summed E-state index contributed by atoms with van der Waals surface area (Å²) in [4.78, 5) is 6.38. The molecule has 0 aromatic carbocycles. The number of nitrogens with one attached hydrogen (secondary N) is 1. The van der Waals surface area contributed by atoms with Gasteiger partial charge in [-0.1, -0.05) is 20.8 Å². The smallest absolute Gasteiger partial charge is 0.126 e. The van der Waals surface area contributed by atoms with Crippen molar-refractivity contribution in [3.05, 3.63) is 18.3 Å². The third-order valence-electron chi connectivity index (χ3n) is 3.29. The highest BCUT2D eigenvalue weighted by molar-refractivity contribution is 5.49. The average Bonchev–Trinajstić information content (AvgIpc) is 2.29. The molecule has 1 unspecified atom stereocenters. The van der Waals surface area contributed by atoms with Crippen LogP contribution in [0, 0.1) is 5.41 Å². The average molecular weight is 251 g/mol. The highest BCUT2D eigenvalue weighted by Crippen LogP contribution is 2.22. The van der Waals surface area contributed by atoms with E-state index in [1.807, 2.05) is 30.3 Å². The zero-order chi connectivity index (χ0) is 13.8. The van der Waals surface area contributed by atoms with E-state index in [1.165, 1.54) is 0 Å². The maximum atomic E-state index is 8.89. The second-order valence-electron chi connectivity index (χ2n) is 5.78. The predicted octanol–water partition coefficient (Wildman–Crippen LogP) is 2.36. The molecule has 4 nitrogen and oxygen atoms in total. The lowest BCUT2D eigenvalue weighted by atomic mass is 9.88. The summed E-state index contributed by atoms with van der Waals surface area (Å²) in [6.45, 7) is 9.54. The number of pyridine rings is 1. The Morgan fingerprint density at radius 2 is 2.06 bits per heavy atom. The maximum Gasteiger partial charge on any atom is 0.126 e. The van der Waals surface area contributed by atoms with E-state index in [4.69, 9.17) is 5.11 Å². The van der Waals surface area contributed by atoms with Crippen LogP contribution >= 0.6 is 0 Å².